The third kappa shape index (κ3) is 3.38. The molecular formula is C16H18FN3O2. The van der Waals surface area contributed by atoms with Crippen molar-refractivity contribution in [3.63, 3.8) is 0 Å². The van der Waals surface area contributed by atoms with E-state index >= 15 is 0 Å². The maximum atomic E-state index is 13.8. The number of aromatic nitrogens is 1. The predicted octanol–water partition coefficient (Wildman–Crippen LogP) is 2.54. The minimum atomic E-state index is -0.338. The van der Waals surface area contributed by atoms with Gasteiger partial charge in [-0.3, -0.25) is 4.57 Å². The molecule has 1 atom stereocenters. The summed E-state index contributed by atoms with van der Waals surface area (Å²) in [6.45, 7) is 2.38. The zero-order chi connectivity index (χ0) is 16.1. The van der Waals surface area contributed by atoms with Crippen molar-refractivity contribution in [1.29, 1.82) is 5.26 Å². The van der Waals surface area contributed by atoms with Crippen LogP contribution in [0.25, 0.3) is 0 Å². The third-order valence-electron chi connectivity index (χ3n) is 3.19. The van der Waals surface area contributed by atoms with Gasteiger partial charge in [0, 0.05) is 18.7 Å². The molecule has 2 rings (SSSR count). The minimum Gasteiger partial charge on any atom is -0.472 e. The molecule has 0 aliphatic rings. The molecule has 0 saturated heterocycles. The number of halogens is 1. The molecule has 1 aromatic carbocycles. The summed E-state index contributed by atoms with van der Waals surface area (Å²) in [6.07, 6.45) is -0.242. The molecule has 116 valence electrons. The van der Waals surface area contributed by atoms with Gasteiger partial charge in [0.1, 0.15) is 23.7 Å². The van der Waals surface area contributed by atoms with Gasteiger partial charge in [0.2, 0.25) is 5.88 Å². The Labute approximate surface area is 128 Å². The molecule has 0 fully saturated rings. The standard InChI is InChI=1S/C16H18FN3O2/c1-11(10-21-2)22-16-15(19)7-13(8-18)20(16)9-12-5-3-4-6-14(12)17/h3-7,11H,9-10,19H2,1-2H3/t11-/m0/s1. The second-order valence-corrected chi connectivity index (χ2v) is 4.96. The minimum absolute atomic E-state index is 0.168. The van der Waals surface area contributed by atoms with Crippen molar-refractivity contribution in [1.82, 2.24) is 4.57 Å². The van der Waals surface area contributed by atoms with E-state index in [1.165, 1.54) is 12.1 Å². The van der Waals surface area contributed by atoms with Crippen LogP contribution in [0.5, 0.6) is 5.88 Å². The Kier molecular flexibility index (Phi) is 5.02. The summed E-state index contributed by atoms with van der Waals surface area (Å²) >= 11 is 0. The Balaban J connectivity index is 2.37. The third-order valence-corrected chi connectivity index (χ3v) is 3.19. The summed E-state index contributed by atoms with van der Waals surface area (Å²) < 4.78 is 26.2. The van der Waals surface area contributed by atoms with Crippen molar-refractivity contribution < 1.29 is 13.9 Å². The number of anilines is 1. The zero-order valence-electron chi connectivity index (χ0n) is 12.5. The largest absolute Gasteiger partial charge is 0.472 e. The van der Waals surface area contributed by atoms with Crippen molar-refractivity contribution in [2.24, 2.45) is 0 Å². The highest BCUT2D eigenvalue weighted by Gasteiger charge is 2.18. The van der Waals surface area contributed by atoms with Crippen LogP contribution in [-0.4, -0.2) is 24.4 Å². The molecule has 0 saturated carbocycles. The van der Waals surface area contributed by atoms with Gasteiger partial charge in [-0.15, -0.1) is 0 Å². The van der Waals surface area contributed by atoms with Crippen LogP contribution in [0, 0.1) is 17.1 Å². The molecule has 1 aromatic heterocycles. The van der Waals surface area contributed by atoms with E-state index in [1.54, 1.807) is 29.9 Å². The first-order chi connectivity index (χ1) is 10.6. The molecule has 0 unspecified atom stereocenters. The predicted molar refractivity (Wildman–Crippen MR) is 81.0 cm³/mol. The number of hydrogen-bond donors (Lipinski definition) is 1. The van der Waals surface area contributed by atoms with Crippen molar-refractivity contribution in [3.05, 3.63) is 47.4 Å². The fraction of sp³-hybridized carbons (Fsp3) is 0.312. The highest BCUT2D eigenvalue weighted by atomic mass is 19.1. The number of nitrogen functional groups attached to an aromatic ring is 1. The molecule has 2 N–H and O–H groups in total. The topological polar surface area (TPSA) is 73.2 Å². The second kappa shape index (κ2) is 6.96. The van der Waals surface area contributed by atoms with Gasteiger partial charge in [-0.2, -0.15) is 5.26 Å². The van der Waals surface area contributed by atoms with E-state index in [4.69, 9.17) is 15.2 Å². The highest BCUT2D eigenvalue weighted by Crippen LogP contribution is 2.29. The van der Waals surface area contributed by atoms with Crippen LogP contribution in [0.1, 0.15) is 18.2 Å². The molecule has 5 nitrogen and oxygen atoms in total. The van der Waals surface area contributed by atoms with E-state index in [1.807, 2.05) is 6.92 Å². The summed E-state index contributed by atoms with van der Waals surface area (Å²) in [7, 11) is 1.57. The molecule has 0 bridgehead atoms. The Morgan fingerprint density at radius 1 is 1.41 bits per heavy atom. The fourth-order valence-electron chi connectivity index (χ4n) is 2.19. The van der Waals surface area contributed by atoms with E-state index < -0.39 is 0 Å². The molecule has 2 aromatic rings. The quantitative estimate of drug-likeness (QED) is 0.890. The van der Waals surface area contributed by atoms with Crippen LogP contribution in [0.4, 0.5) is 10.1 Å². The number of hydrogen-bond acceptors (Lipinski definition) is 4. The summed E-state index contributed by atoms with van der Waals surface area (Å²) in [6, 6.07) is 9.97. The van der Waals surface area contributed by atoms with E-state index in [0.717, 1.165) is 0 Å². The smallest absolute Gasteiger partial charge is 0.219 e. The molecule has 1 heterocycles. The van der Waals surface area contributed by atoms with Gasteiger partial charge in [-0.25, -0.2) is 4.39 Å². The molecule has 6 heteroatoms. The number of nitriles is 1. The van der Waals surface area contributed by atoms with Gasteiger partial charge in [0.05, 0.1) is 18.8 Å². The Hall–Kier alpha value is -2.52. The molecule has 0 amide bonds. The molecule has 0 aliphatic carbocycles. The van der Waals surface area contributed by atoms with E-state index in [9.17, 15) is 9.65 Å². The van der Waals surface area contributed by atoms with Gasteiger partial charge < -0.3 is 15.2 Å². The molecular weight excluding hydrogens is 285 g/mol. The lowest BCUT2D eigenvalue weighted by Crippen LogP contribution is -2.21. The first kappa shape index (κ1) is 15.9. The maximum absolute atomic E-state index is 13.8. The van der Waals surface area contributed by atoms with Crippen LogP contribution in [-0.2, 0) is 11.3 Å². The number of benzene rings is 1. The van der Waals surface area contributed by atoms with E-state index in [-0.39, 0.29) is 18.5 Å². The maximum Gasteiger partial charge on any atom is 0.219 e. The van der Waals surface area contributed by atoms with E-state index in [2.05, 4.69) is 6.07 Å². The van der Waals surface area contributed by atoms with Crippen molar-refractivity contribution >= 4 is 5.69 Å². The summed E-state index contributed by atoms with van der Waals surface area (Å²) in [5, 5.41) is 9.24. The Bertz CT molecular complexity index is 691. The van der Waals surface area contributed by atoms with Crippen LogP contribution in [0.15, 0.2) is 30.3 Å². The number of ether oxygens (including phenoxy) is 2. The van der Waals surface area contributed by atoms with Crippen LogP contribution < -0.4 is 10.5 Å². The SMILES string of the molecule is COC[C@H](C)Oc1c(N)cc(C#N)n1Cc1ccccc1F. The first-order valence-corrected chi connectivity index (χ1v) is 6.85. The first-order valence-electron chi connectivity index (χ1n) is 6.85. The van der Waals surface area contributed by atoms with Crippen LogP contribution in [0.3, 0.4) is 0 Å². The molecule has 0 radical (unpaired) electrons. The number of nitrogens with zero attached hydrogens (tertiary/aromatic N) is 2. The van der Waals surface area contributed by atoms with Gasteiger partial charge in [0.25, 0.3) is 0 Å². The summed E-state index contributed by atoms with van der Waals surface area (Å²) in [5.41, 5.74) is 7.04. The average molecular weight is 303 g/mol. The van der Waals surface area contributed by atoms with Gasteiger partial charge in [0.15, 0.2) is 0 Å². The Morgan fingerprint density at radius 3 is 2.77 bits per heavy atom. The monoisotopic (exact) mass is 303 g/mol. The van der Waals surface area contributed by atoms with Crippen LogP contribution in [0.2, 0.25) is 0 Å². The van der Waals surface area contributed by atoms with Gasteiger partial charge >= 0.3 is 0 Å². The van der Waals surface area contributed by atoms with Crippen molar-refractivity contribution in [3.8, 4) is 11.9 Å². The number of nitrogens with two attached hydrogens (primary N) is 1. The highest BCUT2D eigenvalue weighted by molar-refractivity contribution is 5.55. The van der Waals surface area contributed by atoms with Gasteiger partial charge in [-0.05, 0) is 13.0 Å². The molecule has 0 aliphatic heterocycles. The average Bonchev–Trinajstić information content (AvgIpc) is 2.78. The zero-order valence-corrected chi connectivity index (χ0v) is 12.5. The molecule has 22 heavy (non-hydrogen) atoms. The second-order valence-electron chi connectivity index (χ2n) is 4.96. The number of methoxy groups -OCH3 is 1. The van der Waals surface area contributed by atoms with E-state index in [0.29, 0.717) is 29.4 Å². The lowest BCUT2D eigenvalue weighted by Gasteiger charge is -2.17. The van der Waals surface area contributed by atoms with Crippen LogP contribution >= 0.6 is 0 Å². The fourth-order valence-corrected chi connectivity index (χ4v) is 2.19. The summed E-state index contributed by atoms with van der Waals surface area (Å²) in [5.74, 6) is 0.0129. The lowest BCUT2D eigenvalue weighted by molar-refractivity contribution is 0.0869. The number of rotatable bonds is 6. The summed E-state index contributed by atoms with van der Waals surface area (Å²) in [4.78, 5) is 0. The molecule has 0 spiro atoms. The van der Waals surface area contributed by atoms with Crippen molar-refractivity contribution in [2.45, 2.75) is 19.6 Å². The van der Waals surface area contributed by atoms with Gasteiger partial charge in [-0.1, -0.05) is 18.2 Å². The normalized spacial score (nSPS) is 11.9. The lowest BCUT2D eigenvalue weighted by atomic mass is 10.2. The Morgan fingerprint density at radius 2 is 2.14 bits per heavy atom. The van der Waals surface area contributed by atoms with Crippen molar-refractivity contribution in [2.75, 3.05) is 19.5 Å².